The number of H-pyrrole nitrogens is 1. The van der Waals surface area contributed by atoms with Crippen LogP contribution in [0, 0.1) is 31.8 Å². The zero-order chi connectivity index (χ0) is 35.6. The molecule has 0 bridgehead atoms. The van der Waals surface area contributed by atoms with E-state index in [1.807, 2.05) is 6.07 Å². The van der Waals surface area contributed by atoms with Crippen LogP contribution in [0.1, 0.15) is 17.0 Å². The molecule has 0 fully saturated rings. The number of pyridine rings is 2. The first-order valence-electron chi connectivity index (χ1n) is 14.5. The van der Waals surface area contributed by atoms with Crippen LogP contribution in [0.15, 0.2) is 86.7 Å². The summed E-state index contributed by atoms with van der Waals surface area (Å²) in [5.74, 6) is -0.0301. The second-order valence-corrected chi connectivity index (χ2v) is 10.3. The molecule has 0 spiro atoms. The SMILES string of the molecule is [C-]#[N+]c1cnn(-c2ccncc2)c1N=Nc1c(C)nn(-c2nc(=O)nc(-n3nc(C)c(N=Nc4c(C#N)cnn4-c4ccncc4)c3N)[nH]2)c1N. The molecular formula is C29H21N21O. The van der Waals surface area contributed by atoms with E-state index >= 15 is 0 Å². The third-order valence-corrected chi connectivity index (χ3v) is 7.17. The maximum absolute atomic E-state index is 12.7. The van der Waals surface area contributed by atoms with Gasteiger partial charge in [-0.25, -0.2) is 19.0 Å². The molecule has 0 amide bonds. The maximum atomic E-state index is 12.7. The summed E-state index contributed by atoms with van der Waals surface area (Å²) >= 11 is 0. The number of anilines is 2. The molecule has 51 heavy (non-hydrogen) atoms. The van der Waals surface area contributed by atoms with Gasteiger partial charge >= 0.3 is 5.69 Å². The Morgan fingerprint density at radius 2 is 1.25 bits per heavy atom. The van der Waals surface area contributed by atoms with Gasteiger partial charge in [0.05, 0.1) is 41.7 Å². The van der Waals surface area contributed by atoms with E-state index in [1.165, 1.54) is 21.8 Å². The fourth-order valence-electron chi connectivity index (χ4n) is 4.77. The molecule has 0 aliphatic rings. The number of hydrogen-bond acceptors (Lipinski definition) is 16. The smallest absolute Gasteiger partial charge is 0.373 e. The van der Waals surface area contributed by atoms with Gasteiger partial charge in [0.2, 0.25) is 11.9 Å². The van der Waals surface area contributed by atoms with Crippen molar-refractivity contribution in [3.05, 3.63) is 100 Å². The van der Waals surface area contributed by atoms with Crippen molar-refractivity contribution < 1.29 is 0 Å². The van der Waals surface area contributed by atoms with Crippen LogP contribution in [0.3, 0.4) is 0 Å². The number of nitriles is 1. The summed E-state index contributed by atoms with van der Waals surface area (Å²) in [4.78, 5) is 34.9. The summed E-state index contributed by atoms with van der Waals surface area (Å²) in [5, 5.41) is 43.9. The lowest BCUT2D eigenvalue weighted by Gasteiger charge is -2.06. The largest absolute Gasteiger partial charge is 0.382 e. The third-order valence-electron chi connectivity index (χ3n) is 7.17. The number of rotatable bonds is 8. The second-order valence-electron chi connectivity index (χ2n) is 10.3. The summed E-state index contributed by atoms with van der Waals surface area (Å²) in [5.41, 5.74) is 14.4. The molecule has 0 saturated carbocycles. The van der Waals surface area contributed by atoms with E-state index in [2.05, 4.69) is 70.6 Å². The molecule has 0 saturated heterocycles. The van der Waals surface area contributed by atoms with Crippen LogP contribution in [-0.2, 0) is 0 Å². The van der Waals surface area contributed by atoms with E-state index < -0.39 is 5.69 Å². The fourth-order valence-corrected chi connectivity index (χ4v) is 4.77. The molecule has 0 radical (unpaired) electrons. The molecule has 0 aliphatic carbocycles. The number of aromatic amines is 1. The minimum absolute atomic E-state index is 0.0332. The summed E-state index contributed by atoms with van der Waals surface area (Å²) < 4.78 is 5.15. The van der Waals surface area contributed by atoms with Crippen LogP contribution in [-0.4, -0.2) is 64.0 Å². The van der Waals surface area contributed by atoms with Crippen LogP contribution in [0.2, 0.25) is 0 Å². The van der Waals surface area contributed by atoms with Crippen LogP contribution >= 0.6 is 0 Å². The van der Waals surface area contributed by atoms with Crippen LogP contribution in [0.4, 0.5) is 40.3 Å². The Morgan fingerprint density at radius 1 is 0.765 bits per heavy atom. The summed E-state index contributed by atoms with van der Waals surface area (Å²) in [7, 11) is 0. The highest BCUT2D eigenvalue weighted by atomic mass is 16.1. The van der Waals surface area contributed by atoms with Crippen molar-refractivity contribution in [1.82, 2.24) is 64.0 Å². The van der Waals surface area contributed by atoms with Crippen molar-refractivity contribution in [3.8, 4) is 29.3 Å². The fraction of sp³-hybridized carbons (Fsp3) is 0.0690. The lowest BCUT2D eigenvalue weighted by atomic mass is 10.3. The molecule has 0 atom stereocenters. The van der Waals surface area contributed by atoms with Gasteiger partial charge in [-0.15, -0.1) is 20.5 Å². The predicted octanol–water partition coefficient (Wildman–Crippen LogP) is 3.73. The van der Waals surface area contributed by atoms with E-state index in [4.69, 9.17) is 18.0 Å². The molecule has 7 rings (SSSR count). The van der Waals surface area contributed by atoms with Gasteiger partial charge in [-0.3, -0.25) is 15.0 Å². The maximum Gasteiger partial charge on any atom is 0.373 e. The molecule has 7 aromatic rings. The molecule has 22 nitrogen and oxygen atoms in total. The molecule has 248 valence electrons. The zero-order valence-corrected chi connectivity index (χ0v) is 26.4. The third kappa shape index (κ3) is 5.68. The van der Waals surface area contributed by atoms with Gasteiger partial charge in [0.1, 0.15) is 11.6 Å². The molecule has 7 heterocycles. The molecule has 5 N–H and O–H groups in total. The second kappa shape index (κ2) is 12.7. The van der Waals surface area contributed by atoms with Crippen LogP contribution in [0.25, 0.3) is 28.1 Å². The van der Waals surface area contributed by atoms with E-state index in [0.717, 1.165) is 9.36 Å². The quantitative estimate of drug-likeness (QED) is 0.153. The van der Waals surface area contributed by atoms with Gasteiger partial charge in [-0.2, -0.15) is 45.0 Å². The van der Waals surface area contributed by atoms with Crippen molar-refractivity contribution in [1.29, 1.82) is 5.26 Å². The Morgan fingerprint density at radius 3 is 1.76 bits per heavy atom. The molecule has 7 aromatic heterocycles. The average Bonchev–Trinajstić information content (AvgIpc) is 3.90. The molecular weight excluding hydrogens is 658 g/mol. The van der Waals surface area contributed by atoms with Crippen LogP contribution in [0.5, 0.6) is 0 Å². The number of nitrogen functional groups attached to an aromatic ring is 2. The summed E-state index contributed by atoms with van der Waals surface area (Å²) in [6.07, 6.45) is 9.03. The van der Waals surface area contributed by atoms with E-state index in [-0.39, 0.29) is 57.8 Å². The Kier molecular flexibility index (Phi) is 7.82. The van der Waals surface area contributed by atoms with Crippen molar-refractivity contribution in [2.24, 2.45) is 20.5 Å². The molecule has 0 unspecified atom stereocenters. The first-order valence-corrected chi connectivity index (χ1v) is 14.5. The van der Waals surface area contributed by atoms with Crippen molar-refractivity contribution in [2.75, 3.05) is 11.5 Å². The molecule has 22 heteroatoms. The van der Waals surface area contributed by atoms with Gasteiger partial charge in [-0.1, -0.05) is 0 Å². The first-order chi connectivity index (χ1) is 24.8. The Balaban J connectivity index is 1.23. The summed E-state index contributed by atoms with van der Waals surface area (Å²) in [6.45, 7) is 10.8. The Bertz CT molecular complexity index is 2450. The lowest BCUT2D eigenvalue weighted by Crippen LogP contribution is -2.22. The standard InChI is InChI=1S/C29H21N21O/c1-15-21(41-43-25-17(12-30)13-36-47(25)18-4-8-34-9-5-18)23(31)49(45-15)27-38-28(40-29(51)39-27)50-24(32)22(16(2)46-50)42-44-26-20(33-3)14-37-48(26)19-6-10-35-11-7-19/h4-11,13-14H,31-32H2,1-2H3,(H,38,39,40,51). The normalized spacial score (nSPS) is 11.4. The lowest BCUT2D eigenvalue weighted by molar-refractivity contribution is 0.732. The number of nitrogens with one attached hydrogen (secondary N) is 1. The topological polar surface area (TPSA) is 285 Å². The van der Waals surface area contributed by atoms with E-state index in [9.17, 15) is 10.1 Å². The monoisotopic (exact) mass is 679 g/mol. The molecule has 0 aliphatic heterocycles. The van der Waals surface area contributed by atoms with Gasteiger partial charge < -0.3 is 11.5 Å². The minimum Gasteiger partial charge on any atom is -0.382 e. The van der Waals surface area contributed by atoms with Gasteiger partial charge in [-0.05, 0) is 38.1 Å². The van der Waals surface area contributed by atoms with Crippen molar-refractivity contribution in [2.45, 2.75) is 13.8 Å². The first kappa shape index (κ1) is 31.3. The Labute approximate surface area is 284 Å². The molecule has 0 aromatic carbocycles. The van der Waals surface area contributed by atoms with E-state index in [1.54, 1.807) is 62.9 Å². The number of nitrogens with two attached hydrogens (primary N) is 2. The highest BCUT2D eigenvalue weighted by Crippen LogP contribution is 2.35. The predicted molar refractivity (Wildman–Crippen MR) is 177 cm³/mol. The highest BCUT2D eigenvalue weighted by Gasteiger charge is 2.21. The van der Waals surface area contributed by atoms with Gasteiger partial charge in [0, 0.05) is 24.8 Å². The number of aryl methyl sites for hydroxylation is 2. The number of nitrogens with zero attached hydrogens (tertiary/aromatic N) is 18. The van der Waals surface area contributed by atoms with Gasteiger partial charge in [0.25, 0.3) is 5.69 Å². The summed E-state index contributed by atoms with van der Waals surface area (Å²) in [6, 6.07) is 8.82. The number of aromatic nitrogens is 13. The van der Waals surface area contributed by atoms with Crippen molar-refractivity contribution in [3.63, 3.8) is 0 Å². The average molecular weight is 680 g/mol. The van der Waals surface area contributed by atoms with E-state index in [0.29, 0.717) is 22.8 Å². The van der Waals surface area contributed by atoms with Gasteiger partial charge in [0.15, 0.2) is 34.6 Å². The zero-order valence-electron chi connectivity index (χ0n) is 26.4. The number of azo groups is 2. The Hall–Kier alpha value is -8.27. The number of hydrogen-bond donors (Lipinski definition) is 3. The highest BCUT2D eigenvalue weighted by molar-refractivity contribution is 5.67. The minimum atomic E-state index is -0.909. The van der Waals surface area contributed by atoms with Crippen molar-refractivity contribution >= 4 is 40.3 Å². The van der Waals surface area contributed by atoms with Crippen LogP contribution < -0.4 is 17.2 Å².